The Morgan fingerprint density at radius 2 is 2.00 bits per heavy atom. The van der Waals surface area contributed by atoms with Crippen molar-refractivity contribution in [2.24, 2.45) is 11.5 Å². The Kier molecular flexibility index (Phi) is 8.30. The van der Waals surface area contributed by atoms with Crippen LogP contribution in [0.1, 0.15) is 5.69 Å². The van der Waals surface area contributed by atoms with Crippen molar-refractivity contribution >= 4 is 23.1 Å². The molecule has 0 spiro atoms. The van der Waals surface area contributed by atoms with Crippen molar-refractivity contribution in [3.8, 4) is 0 Å². The molecule has 4 nitrogen and oxygen atoms in total. The Morgan fingerprint density at radius 1 is 1.55 bits per heavy atom. The van der Waals surface area contributed by atoms with E-state index in [0.29, 0.717) is 0 Å². The van der Waals surface area contributed by atoms with Gasteiger partial charge in [0.15, 0.2) is 0 Å². The van der Waals surface area contributed by atoms with Gasteiger partial charge in [-0.3, -0.25) is 0 Å². The predicted octanol–water partition coefficient (Wildman–Crippen LogP) is -0.569. The number of rotatable bonds is 0. The van der Waals surface area contributed by atoms with Crippen molar-refractivity contribution in [3.63, 3.8) is 0 Å². The first kappa shape index (κ1) is 12.7. The van der Waals surface area contributed by atoms with Crippen LogP contribution in [0.25, 0.3) is 0 Å². The van der Waals surface area contributed by atoms with Crippen LogP contribution >= 0.6 is 0 Å². The van der Waals surface area contributed by atoms with Crippen LogP contribution < -0.4 is 11.5 Å². The molecule has 1 rings (SSSR count). The molecule has 2 amide bonds. The zero-order valence-electron chi connectivity index (χ0n) is 6.29. The molecule has 0 bridgehead atoms. The van der Waals surface area contributed by atoms with Crippen molar-refractivity contribution < 1.29 is 4.79 Å². The summed E-state index contributed by atoms with van der Waals surface area (Å²) in [7, 11) is 0. The number of primary amides is 2. The fourth-order valence-corrected chi connectivity index (χ4v) is 0.420. The van der Waals surface area contributed by atoms with Gasteiger partial charge in [-0.2, -0.15) is 0 Å². The van der Waals surface area contributed by atoms with Crippen LogP contribution in [-0.2, 0) is 0 Å². The van der Waals surface area contributed by atoms with Gasteiger partial charge < -0.3 is 16.5 Å². The Balaban J connectivity index is 0. The molecule has 1 aromatic heterocycles. The fourth-order valence-electron chi connectivity index (χ4n) is 0.420. The summed E-state index contributed by atoms with van der Waals surface area (Å²) in [4.78, 5) is 12.0. The number of carbonyl (C=O) groups excluding carboxylic acids is 1. The minimum atomic E-state index is -0.833. The van der Waals surface area contributed by atoms with Crippen molar-refractivity contribution in [2.45, 2.75) is 6.92 Å². The predicted molar refractivity (Wildman–Crippen MR) is 47.8 cm³/mol. The van der Waals surface area contributed by atoms with Gasteiger partial charge in [0.25, 0.3) is 0 Å². The summed E-state index contributed by atoms with van der Waals surface area (Å²) in [6, 6.07) is 3.18. The second-order valence-electron chi connectivity index (χ2n) is 1.76. The van der Waals surface area contributed by atoms with E-state index in [1.165, 1.54) is 5.69 Å². The van der Waals surface area contributed by atoms with E-state index in [1.807, 2.05) is 25.3 Å². The van der Waals surface area contributed by atoms with E-state index >= 15 is 0 Å². The molecule has 0 radical (unpaired) electrons. The molecule has 0 aliphatic rings. The first-order valence-electron chi connectivity index (χ1n) is 2.78. The minimum absolute atomic E-state index is 0. The van der Waals surface area contributed by atoms with Crippen LogP contribution in [-0.4, -0.2) is 28.1 Å². The molecule has 5 N–H and O–H groups in total. The quantitative estimate of drug-likeness (QED) is 0.504. The zero-order chi connectivity index (χ0) is 7.98. The number of carbonyl (C=O) groups is 1. The van der Waals surface area contributed by atoms with E-state index in [1.54, 1.807) is 0 Å². The summed E-state index contributed by atoms with van der Waals surface area (Å²) in [5.41, 5.74) is 9.72. The maximum atomic E-state index is 9.00. The number of aromatic nitrogens is 1. The Bertz CT molecular complexity index is 182. The third-order valence-electron chi connectivity index (χ3n) is 0.753. The number of hydrogen-bond donors (Lipinski definition) is 3. The third kappa shape index (κ3) is 12.3. The molecule has 1 aromatic rings. The normalized spacial score (nSPS) is 7.00. The third-order valence-corrected chi connectivity index (χ3v) is 0.753. The molecular weight excluding hydrogens is 209 g/mol. The monoisotopic (exact) mass is 223 g/mol. The van der Waals surface area contributed by atoms with Crippen LogP contribution in [0.3, 0.4) is 0 Å². The number of aromatic amines is 1. The molecular formula is C6H13N3OSe. The molecule has 0 aromatic carbocycles. The average Bonchev–Trinajstić information content (AvgIpc) is 2.15. The van der Waals surface area contributed by atoms with Gasteiger partial charge in [-0.25, -0.2) is 4.79 Å². The fraction of sp³-hybridized carbons (Fsp3) is 0.167. The maximum absolute atomic E-state index is 9.00. The van der Waals surface area contributed by atoms with E-state index in [2.05, 4.69) is 16.5 Å². The van der Waals surface area contributed by atoms with Crippen LogP contribution in [0.4, 0.5) is 4.79 Å². The molecule has 0 unspecified atom stereocenters. The molecule has 11 heavy (non-hydrogen) atoms. The van der Waals surface area contributed by atoms with Crippen LogP contribution in [0.15, 0.2) is 18.3 Å². The molecule has 0 atom stereocenters. The number of hydrogen-bond acceptors (Lipinski definition) is 1. The summed E-state index contributed by atoms with van der Waals surface area (Å²) in [6.07, 6.45) is 1.91. The second kappa shape index (κ2) is 7.18. The summed E-state index contributed by atoms with van der Waals surface area (Å²) < 4.78 is 0. The van der Waals surface area contributed by atoms with Gasteiger partial charge in [-0.05, 0) is 19.1 Å². The molecule has 0 saturated heterocycles. The molecule has 5 heteroatoms. The standard InChI is InChI=1S/C5H7N.CH4N2O.H2Se/c1-5-3-2-4-6-5;2-1(3)4;/h2-4,6H,1H3;(H4,2,3,4);1H2. The van der Waals surface area contributed by atoms with Crippen LogP contribution in [0.2, 0.25) is 0 Å². The topological polar surface area (TPSA) is 84.9 Å². The summed E-state index contributed by atoms with van der Waals surface area (Å²) in [5.74, 6) is 0. The van der Waals surface area contributed by atoms with Crippen molar-refractivity contribution in [2.75, 3.05) is 0 Å². The van der Waals surface area contributed by atoms with E-state index in [9.17, 15) is 0 Å². The number of H-pyrrole nitrogens is 1. The molecule has 64 valence electrons. The number of urea groups is 1. The number of nitrogens with one attached hydrogen (secondary N) is 1. The average molecular weight is 222 g/mol. The van der Waals surface area contributed by atoms with Crippen LogP contribution in [0.5, 0.6) is 0 Å². The Morgan fingerprint density at radius 3 is 2.09 bits per heavy atom. The van der Waals surface area contributed by atoms with Gasteiger partial charge >= 0.3 is 23.1 Å². The molecule has 1 heterocycles. The molecule has 0 fully saturated rings. The van der Waals surface area contributed by atoms with Gasteiger partial charge in [-0.1, -0.05) is 0 Å². The van der Waals surface area contributed by atoms with Gasteiger partial charge in [0.1, 0.15) is 0 Å². The Hall–Kier alpha value is -0.931. The van der Waals surface area contributed by atoms with E-state index in [4.69, 9.17) is 4.79 Å². The zero-order valence-corrected chi connectivity index (χ0v) is 8.39. The summed E-state index contributed by atoms with van der Waals surface area (Å²) >= 11 is 0. The van der Waals surface area contributed by atoms with Crippen molar-refractivity contribution in [3.05, 3.63) is 24.0 Å². The van der Waals surface area contributed by atoms with Gasteiger partial charge in [-0.15, -0.1) is 0 Å². The number of amides is 2. The number of nitrogens with two attached hydrogens (primary N) is 2. The molecule has 0 aliphatic carbocycles. The van der Waals surface area contributed by atoms with Gasteiger partial charge in [0.05, 0.1) is 0 Å². The second-order valence-corrected chi connectivity index (χ2v) is 1.76. The first-order chi connectivity index (χ1) is 4.63. The van der Waals surface area contributed by atoms with Gasteiger partial charge in [0.2, 0.25) is 0 Å². The summed E-state index contributed by atoms with van der Waals surface area (Å²) in [5, 5.41) is 0. The van der Waals surface area contributed by atoms with Crippen molar-refractivity contribution in [1.29, 1.82) is 0 Å². The van der Waals surface area contributed by atoms with Gasteiger partial charge in [0, 0.05) is 11.9 Å². The van der Waals surface area contributed by atoms with E-state index < -0.39 is 6.03 Å². The van der Waals surface area contributed by atoms with E-state index in [0.717, 1.165) is 0 Å². The summed E-state index contributed by atoms with van der Waals surface area (Å²) in [6.45, 7) is 2.03. The first-order valence-corrected chi connectivity index (χ1v) is 2.78. The molecule has 0 saturated carbocycles. The van der Waals surface area contributed by atoms with Crippen LogP contribution in [0, 0.1) is 6.92 Å². The Labute approximate surface area is 75.8 Å². The van der Waals surface area contributed by atoms with Crippen molar-refractivity contribution in [1.82, 2.24) is 4.98 Å². The number of aryl methyl sites for hydroxylation is 1. The SMILES string of the molecule is Cc1ccc[nH]1.NC(N)=O.[SeH2]. The van der Waals surface area contributed by atoms with E-state index in [-0.39, 0.29) is 17.1 Å². The molecule has 0 aliphatic heterocycles.